The molecule has 3 nitrogen and oxygen atoms in total. The molecule has 1 aliphatic rings. The molecule has 0 radical (unpaired) electrons. The number of hydrogen-bond acceptors (Lipinski definition) is 3. The van der Waals surface area contributed by atoms with Crippen LogP contribution in [0.5, 0.6) is 0 Å². The lowest BCUT2D eigenvalue weighted by molar-refractivity contribution is 0.457. The van der Waals surface area contributed by atoms with Crippen molar-refractivity contribution in [2.45, 2.75) is 19.8 Å². The third kappa shape index (κ3) is 1.16. The van der Waals surface area contributed by atoms with E-state index in [0.717, 1.165) is 29.1 Å². The van der Waals surface area contributed by atoms with Crippen molar-refractivity contribution in [1.82, 2.24) is 5.16 Å². The van der Waals surface area contributed by atoms with Crippen molar-refractivity contribution in [3.63, 3.8) is 0 Å². The van der Waals surface area contributed by atoms with Gasteiger partial charge in [-0.2, -0.15) is 0 Å². The first kappa shape index (κ1) is 8.77. The lowest BCUT2D eigenvalue weighted by Crippen LogP contribution is -1.89. The van der Waals surface area contributed by atoms with Gasteiger partial charge in [-0.25, -0.2) is 0 Å². The van der Waals surface area contributed by atoms with Crippen LogP contribution in [0.3, 0.4) is 0 Å². The van der Waals surface area contributed by atoms with E-state index in [1.165, 1.54) is 17.5 Å². The van der Waals surface area contributed by atoms with Crippen molar-refractivity contribution in [2.24, 2.45) is 5.92 Å². The predicted molar refractivity (Wildman–Crippen MR) is 60.1 cm³/mol. The number of nitrogens with one attached hydrogen (secondary N) is 1. The van der Waals surface area contributed by atoms with Gasteiger partial charge in [-0.3, -0.25) is 0 Å². The average molecular weight is 202 g/mol. The Hall–Kier alpha value is -1.51. The highest BCUT2D eigenvalue weighted by Gasteiger charge is 2.23. The van der Waals surface area contributed by atoms with Crippen molar-refractivity contribution in [3.05, 3.63) is 23.3 Å². The van der Waals surface area contributed by atoms with Crippen LogP contribution >= 0.6 is 0 Å². The summed E-state index contributed by atoms with van der Waals surface area (Å²) in [5, 5.41) is 8.18. The smallest absolute Gasteiger partial charge is 0.177 e. The second-order valence-electron chi connectivity index (χ2n) is 4.37. The van der Waals surface area contributed by atoms with Crippen molar-refractivity contribution in [2.75, 3.05) is 12.4 Å². The van der Waals surface area contributed by atoms with Crippen LogP contribution in [0.15, 0.2) is 16.7 Å². The van der Waals surface area contributed by atoms with Gasteiger partial charge in [-0.15, -0.1) is 0 Å². The van der Waals surface area contributed by atoms with Gasteiger partial charge in [0.05, 0.1) is 5.39 Å². The van der Waals surface area contributed by atoms with Crippen LogP contribution in [0.25, 0.3) is 11.0 Å². The summed E-state index contributed by atoms with van der Waals surface area (Å²) in [7, 11) is 1.87. The van der Waals surface area contributed by atoms with Gasteiger partial charge >= 0.3 is 0 Å². The van der Waals surface area contributed by atoms with E-state index >= 15 is 0 Å². The summed E-state index contributed by atoms with van der Waals surface area (Å²) in [6, 6.07) is 4.31. The number of rotatable bonds is 1. The number of nitrogens with zero attached hydrogens (tertiary/aromatic N) is 1. The molecule has 78 valence electrons. The van der Waals surface area contributed by atoms with E-state index in [2.05, 4.69) is 29.5 Å². The highest BCUT2D eigenvalue weighted by Crippen LogP contribution is 2.35. The van der Waals surface area contributed by atoms with Crippen LogP contribution in [0, 0.1) is 5.92 Å². The Balaban J connectivity index is 2.27. The van der Waals surface area contributed by atoms with Crippen molar-refractivity contribution < 1.29 is 4.52 Å². The normalized spacial score (nSPS) is 19.5. The van der Waals surface area contributed by atoms with Gasteiger partial charge in [0, 0.05) is 12.6 Å². The molecule has 0 fully saturated rings. The van der Waals surface area contributed by atoms with E-state index in [9.17, 15) is 0 Å². The van der Waals surface area contributed by atoms with Gasteiger partial charge < -0.3 is 9.84 Å². The van der Waals surface area contributed by atoms with Crippen molar-refractivity contribution >= 4 is 16.8 Å². The van der Waals surface area contributed by atoms with Gasteiger partial charge in [0.25, 0.3) is 0 Å². The molecule has 1 aliphatic carbocycles. The fourth-order valence-corrected chi connectivity index (χ4v) is 2.49. The lowest BCUT2D eigenvalue weighted by atomic mass is 10.1. The summed E-state index contributed by atoms with van der Waals surface area (Å²) in [6.07, 6.45) is 2.28. The van der Waals surface area contributed by atoms with Crippen LogP contribution < -0.4 is 5.32 Å². The molecule has 1 atom stereocenters. The van der Waals surface area contributed by atoms with E-state index < -0.39 is 0 Å². The Labute approximate surface area is 88.4 Å². The van der Waals surface area contributed by atoms with Gasteiger partial charge in [0.15, 0.2) is 11.4 Å². The minimum atomic E-state index is 0.730. The number of benzene rings is 1. The quantitative estimate of drug-likeness (QED) is 0.772. The molecule has 0 saturated heterocycles. The number of anilines is 1. The maximum atomic E-state index is 5.42. The maximum Gasteiger partial charge on any atom is 0.177 e. The van der Waals surface area contributed by atoms with Crippen molar-refractivity contribution in [1.29, 1.82) is 0 Å². The Bertz CT molecular complexity index is 516. The Morgan fingerprint density at radius 1 is 1.40 bits per heavy atom. The van der Waals surface area contributed by atoms with E-state index in [0.29, 0.717) is 0 Å². The zero-order valence-corrected chi connectivity index (χ0v) is 9.00. The summed E-state index contributed by atoms with van der Waals surface area (Å²) >= 11 is 0. The van der Waals surface area contributed by atoms with E-state index in [4.69, 9.17) is 4.52 Å². The summed E-state index contributed by atoms with van der Waals surface area (Å²) in [5.41, 5.74) is 3.75. The minimum Gasteiger partial charge on any atom is -0.370 e. The van der Waals surface area contributed by atoms with Crippen LogP contribution in [-0.4, -0.2) is 12.2 Å². The first-order valence-corrected chi connectivity index (χ1v) is 5.37. The molecule has 0 bridgehead atoms. The summed E-state index contributed by atoms with van der Waals surface area (Å²) in [4.78, 5) is 0. The lowest BCUT2D eigenvalue weighted by Gasteiger charge is -1.98. The van der Waals surface area contributed by atoms with Gasteiger partial charge in [-0.05, 0) is 30.4 Å². The molecule has 1 unspecified atom stereocenters. The van der Waals surface area contributed by atoms with E-state index in [-0.39, 0.29) is 0 Å². The molecule has 0 aliphatic heterocycles. The zero-order valence-electron chi connectivity index (χ0n) is 9.00. The SMILES string of the molecule is CNc1noc2c3c(ccc12)CC(C)C3. The largest absolute Gasteiger partial charge is 0.370 e. The van der Waals surface area contributed by atoms with E-state index in [1.54, 1.807) is 0 Å². The predicted octanol–water partition coefficient (Wildman–Crippen LogP) is 2.60. The van der Waals surface area contributed by atoms with Crippen LogP contribution in [-0.2, 0) is 12.8 Å². The number of hydrogen-bond donors (Lipinski definition) is 1. The third-order valence-corrected chi connectivity index (χ3v) is 3.20. The van der Waals surface area contributed by atoms with Gasteiger partial charge in [-0.1, -0.05) is 18.1 Å². The second kappa shape index (κ2) is 2.99. The molecule has 1 aromatic carbocycles. The van der Waals surface area contributed by atoms with Crippen LogP contribution in [0.2, 0.25) is 0 Å². The third-order valence-electron chi connectivity index (χ3n) is 3.20. The van der Waals surface area contributed by atoms with Gasteiger partial charge in [0.2, 0.25) is 0 Å². The molecule has 1 heterocycles. The first-order valence-electron chi connectivity index (χ1n) is 5.37. The van der Waals surface area contributed by atoms with Crippen LogP contribution in [0.1, 0.15) is 18.1 Å². The standard InChI is InChI=1S/C12H14N2O/c1-7-5-8-3-4-9-11(10(8)6-7)15-14-12(9)13-2/h3-4,7H,5-6H2,1-2H3,(H,13,14). The highest BCUT2D eigenvalue weighted by atomic mass is 16.5. The molecule has 2 aromatic rings. The molecule has 3 heteroatoms. The second-order valence-corrected chi connectivity index (χ2v) is 4.37. The fraction of sp³-hybridized carbons (Fsp3) is 0.417. The van der Waals surface area contributed by atoms with Gasteiger partial charge in [0.1, 0.15) is 0 Å². The fourth-order valence-electron chi connectivity index (χ4n) is 2.49. The molecule has 1 N–H and O–H groups in total. The summed E-state index contributed by atoms with van der Waals surface area (Å²) in [5.74, 6) is 1.57. The van der Waals surface area contributed by atoms with Crippen molar-refractivity contribution in [3.8, 4) is 0 Å². The molecule has 0 spiro atoms. The molecular weight excluding hydrogens is 188 g/mol. The Morgan fingerprint density at radius 3 is 3.07 bits per heavy atom. The molecule has 3 rings (SSSR count). The monoisotopic (exact) mass is 202 g/mol. The minimum absolute atomic E-state index is 0.730. The summed E-state index contributed by atoms with van der Waals surface area (Å²) < 4.78 is 5.42. The molecular formula is C12H14N2O. The molecule has 0 amide bonds. The zero-order chi connectivity index (χ0) is 10.4. The summed E-state index contributed by atoms with van der Waals surface area (Å²) in [6.45, 7) is 2.28. The first-order chi connectivity index (χ1) is 7.29. The molecule has 1 aromatic heterocycles. The molecule has 0 saturated carbocycles. The Morgan fingerprint density at radius 2 is 2.27 bits per heavy atom. The topological polar surface area (TPSA) is 38.1 Å². The average Bonchev–Trinajstić information content (AvgIpc) is 2.78. The number of fused-ring (bicyclic) bond motifs is 3. The van der Waals surface area contributed by atoms with E-state index in [1.807, 2.05) is 7.05 Å². The maximum absolute atomic E-state index is 5.42. The highest BCUT2D eigenvalue weighted by molar-refractivity contribution is 5.91. The number of aromatic nitrogens is 1. The van der Waals surface area contributed by atoms with Crippen LogP contribution in [0.4, 0.5) is 5.82 Å². The Kier molecular flexibility index (Phi) is 1.75. The molecule has 15 heavy (non-hydrogen) atoms.